The maximum Gasteiger partial charge on any atom is 0.333 e. The van der Waals surface area contributed by atoms with Gasteiger partial charge in [0.25, 0.3) is 0 Å². The lowest BCUT2D eigenvalue weighted by atomic mass is 10.0. The highest BCUT2D eigenvalue weighted by Gasteiger charge is 2.43. The minimum absolute atomic E-state index is 0.0164. The minimum Gasteiger partial charge on any atom is -0.462 e. The molecular weight excluding hydrogens is 380 g/mol. The van der Waals surface area contributed by atoms with Crippen molar-refractivity contribution in [3.05, 3.63) is 12.2 Å². The molecule has 0 aromatic heterocycles. The van der Waals surface area contributed by atoms with Gasteiger partial charge in [0.1, 0.15) is 43.1 Å². The first-order valence-corrected chi connectivity index (χ1v) is 9.73. The molecule has 0 aromatic rings. The molecule has 0 spiro atoms. The van der Waals surface area contributed by atoms with Gasteiger partial charge in [0.15, 0.2) is 0 Å². The highest BCUT2D eigenvalue weighted by Crippen LogP contribution is 2.29. The molecule has 1 aliphatic rings. The van der Waals surface area contributed by atoms with Crippen molar-refractivity contribution in [3.63, 3.8) is 0 Å². The molecule has 0 aromatic carbocycles. The van der Waals surface area contributed by atoms with Crippen molar-refractivity contribution >= 4 is 23.7 Å². The lowest BCUT2D eigenvalue weighted by molar-refractivity contribution is -0.205. The summed E-state index contributed by atoms with van der Waals surface area (Å²) < 4.78 is 15.1. The second-order valence-corrected chi connectivity index (χ2v) is 7.37. The smallest absolute Gasteiger partial charge is 0.333 e. The van der Waals surface area contributed by atoms with Crippen LogP contribution < -0.4 is 0 Å². The molecule has 1 saturated heterocycles. The molecule has 10 heteroatoms. The molecule has 1 fully saturated rings. The number of hydrogen-bond acceptors (Lipinski definition) is 10. The average Bonchev–Trinajstić information content (AvgIpc) is 2.64. The van der Waals surface area contributed by atoms with Crippen LogP contribution in [0.2, 0.25) is 0 Å². The molecule has 1 aliphatic heterocycles. The van der Waals surface area contributed by atoms with Gasteiger partial charge in [0.2, 0.25) is 0 Å². The standard InChI is InChI=1S/C17H28O9S/c1-10(2)16(23)25-7-6-24-12(19)5-3-4-8-27-17-15(22)14(21)13(20)11(9-18)26-17/h11,13-15,17-18,20-22H,1,3-9H2,2H3/t11-,13-,14+,15-,17+/m1/s1. The van der Waals surface area contributed by atoms with Crippen molar-refractivity contribution in [2.45, 2.75) is 56.0 Å². The number of ether oxygens (including phenoxy) is 3. The molecule has 1 rings (SSSR count). The summed E-state index contributed by atoms with van der Waals surface area (Å²) in [6.45, 7) is 4.46. The molecule has 1 heterocycles. The van der Waals surface area contributed by atoms with Crippen LogP contribution in [0.5, 0.6) is 0 Å². The van der Waals surface area contributed by atoms with Crippen LogP contribution in [0.4, 0.5) is 0 Å². The molecular formula is C17H28O9S. The van der Waals surface area contributed by atoms with E-state index in [-0.39, 0.29) is 25.2 Å². The van der Waals surface area contributed by atoms with Gasteiger partial charge in [-0.2, -0.15) is 0 Å². The van der Waals surface area contributed by atoms with E-state index in [2.05, 4.69) is 6.58 Å². The predicted octanol–water partition coefficient (Wildman–Crippen LogP) is -0.648. The molecule has 0 aliphatic carbocycles. The molecule has 156 valence electrons. The number of thioether (sulfide) groups is 1. The van der Waals surface area contributed by atoms with Gasteiger partial charge >= 0.3 is 11.9 Å². The molecule has 5 atom stereocenters. The van der Waals surface area contributed by atoms with Crippen LogP contribution in [-0.4, -0.2) is 87.8 Å². The molecule has 0 amide bonds. The normalized spacial score (nSPS) is 27.8. The SMILES string of the molecule is C=C(C)C(=O)OCCOC(=O)CCCCS[C@@H]1O[C@H](CO)[C@@H](O)[C@H](O)[C@H]1O. The van der Waals surface area contributed by atoms with Crippen LogP contribution in [-0.2, 0) is 23.8 Å². The van der Waals surface area contributed by atoms with E-state index in [4.69, 9.17) is 19.3 Å². The maximum absolute atomic E-state index is 11.6. The largest absolute Gasteiger partial charge is 0.462 e. The van der Waals surface area contributed by atoms with Crippen LogP contribution in [0.15, 0.2) is 12.2 Å². The minimum atomic E-state index is -1.39. The zero-order valence-electron chi connectivity index (χ0n) is 15.3. The van der Waals surface area contributed by atoms with Crippen LogP contribution in [0.1, 0.15) is 26.2 Å². The first-order valence-electron chi connectivity index (χ1n) is 8.68. The Kier molecular flexibility index (Phi) is 10.9. The van der Waals surface area contributed by atoms with E-state index in [0.29, 0.717) is 18.6 Å². The number of aliphatic hydroxyl groups excluding tert-OH is 4. The van der Waals surface area contributed by atoms with Crippen molar-refractivity contribution in [2.24, 2.45) is 0 Å². The molecule has 0 bridgehead atoms. The number of rotatable bonds is 11. The molecule has 0 saturated carbocycles. The van der Waals surface area contributed by atoms with E-state index in [1.807, 2.05) is 0 Å². The summed E-state index contributed by atoms with van der Waals surface area (Å²) >= 11 is 1.24. The Labute approximate surface area is 162 Å². The van der Waals surface area contributed by atoms with Crippen molar-refractivity contribution < 1.29 is 44.2 Å². The Morgan fingerprint density at radius 1 is 1.07 bits per heavy atom. The fourth-order valence-electron chi connectivity index (χ4n) is 2.26. The van der Waals surface area contributed by atoms with Crippen LogP contribution in [0.25, 0.3) is 0 Å². The molecule has 9 nitrogen and oxygen atoms in total. The van der Waals surface area contributed by atoms with Gasteiger partial charge in [-0.25, -0.2) is 4.79 Å². The van der Waals surface area contributed by atoms with Crippen LogP contribution >= 0.6 is 11.8 Å². The Hall–Kier alpha value is -1.17. The van der Waals surface area contributed by atoms with Crippen LogP contribution in [0, 0.1) is 0 Å². The number of carbonyl (C=O) groups is 2. The average molecular weight is 408 g/mol. The lowest BCUT2D eigenvalue weighted by Gasteiger charge is -2.39. The Morgan fingerprint density at radius 2 is 1.74 bits per heavy atom. The van der Waals surface area contributed by atoms with E-state index < -0.39 is 48.4 Å². The zero-order chi connectivity index (χ0) is 20.4. The van der Waals surface area contributed by atoms with Gasteiger partial charge in [0.05, 0.1) is 6.61 Å². The molecule has 27 heavy (non-hydrogen) atoms. The van der Waals surface area contributed by atoms with E-state index in [1.54, 1.807) is 0 Å². The van der Waals surface area contributed by atoms with Crippen molar-refractivity contribution in [1.29, 1.82) is 0 Å². The zero-order valence-corrected chi connectivity index (χ0v) is 16.1. The Balaban J connectivity index is 2.13. The summed E-state index contributed by atoms with van der Waals surface area (Å²) in [4.78, 5) is 22.7. The summed E-state index contributed by atoms with van der Waals surface area (Å²) in [6, 6.07) is 0. The second-order valence-electron chi connectivity index (χ2n) is 6.16. The van der Waals surface area contributed by atoms with Crippen molar-refractivity contribution in [1.82, 2.24) is 0 Å². The number of hydrogen-bond donors (Lipinski definition) is 4. The number of esters is 2. The van der Waals surface area contributed by atoms with Gasteiger partial charge in [0, 0.05) is 12.0 Å². The summed E-state index contributed by atoms with van der Waals surface area (Å²) in [6.07, 6.45) is -3.55. The van der Waals surface area contributed by atoms with Crippen LogP contribution in [0.3, 0.4) is 0 Å². The fourth-order valence-corrected chi connectivity index (χ4v) is 3.44. The summed E-state index contributed by atoms with van der Waals surface area (Å²) in [5, 5.41) is 38.5. The Morgan fingerprint density at radius 3 is 2.37 bits per heavy atom. The van der Waals surface area contributed by atoms with E-state index in [9.17, 15) is 24.9 Å². The quantitative estimate of drug-likeness (QED) is 0.198. The second kappa shape index (κ2) is 12.3. The lowest BCUT2D eigenvalue weighted by Crippen LogP contribution is -2.57. The van der Waals surface area contributed by atoms with Crippen molar-refractivity contribution in [2.75, 3.05) is 25.6 Å². The molecule has 0 unspecified atom stereocenters. The predicted molar refractivity (Wildman–Crippen MR) is 96.8 cm³/mol. The van der Waals surface area contributed by atoms with E-state index in [0.717, 1.165) is 0 Å². The van der Waals surface area contributed by atoms with Gasteiger partial charge < -0.3 is 34.6 Å². The number of unbranched alkanes of at least 4 members (excludes halogenated alkanes) is 1. The third kappa shape index (κ3) is 8.16. The first-order chi connectivity index (χ1) is 12.8. The van der Waals surface area contributed by atoms with Crippen molar-refractivity contribution in [3.8, 4) is 0 Å². The first kappa shape index (κ1) is 23.9. The maximum atomic E-state index is 11.6. The summed E-state index contributed by atoms with van der Waals surface area (Å²) in [5.74, 6) is -0.387. The van der Waals surface area contributed by atoms with Gasteiger partial charge in [-0.15, -0.1) is 11.8 Å². The fraction of sp³-hybridized carbons (Fsp3) is 0.765. The number of carbonyl (C=O) groups excluding carboxylic acids is 2. The van der Waals surface area contributed by atoms with E-state index >= 15 is 0 Å². The third-order valence-corrected chi connectivity index (χ3v) is 5.08. The topological polar surface area (TPSA) is 143 Å². The van der Waals surface area contributed by atoms with Gasteiger partial charge in [-0.3, -0.25) is 4.79 Å². The Bertz CT molecular complexity index is 497. The highest BCUT2D eigenvalue weighted by molar-refractivity contribution is 7.99. The summed E-state index contributed by atoms with van der Waals surface area (Å²) in [5.41, 5.74) is -0.492. The third-order valence-electron chi connectivity index (χ3n) is 3.83. The van der Waals surface area contributed by atoms with Gasteiger partial charge in [-0.05, 0) is 25.5 Å². The monoisotopic (exact) mass is 408 g/mol. The summed E-state index contributed by atoms with van der Waals surface area (Å²) in [7, 11) is 0. The van der Waals surface area contributed by atoms with E-state index in [1.165, 1.54) is 18.7 Å². The number of aliphatic hydroxyl groups is 4. The van der Waals surface area contributed by atoms with Gasteiger partial charge in [-0.1, -0.05) is 6.58 Å². The highest BCUT2D eigenvalue weighted by atomic mass is 32.2. The molecule has 4 N–H and O–H groups in total. The molecule has 0 radical (unpaired) electrons.